The predicted molar refractivity (Wildman–Crippen MR) is 105 cm³/mol. The first-order chi connectivity index (χ1) is 12.6. The van der Waals surface area contributed by atoms with Crippen molar-refractivity contribution in [3.05, 3.63) is 64.7 Å². The molecule has 0 saturated carbocycles. The van der Waals surface area contributed by atoms with Crippen LogP contribution in [0.1, 0.15) is 20.9 Å². The van der Waals surface area contributed by atoms with Gasteiger partial charge in [-0.05, 0) is 35.9 Å². The maximum atomic E-state index is 11.5. The van der Waals surface area contributed by atoms with Crippen LogP contribution in [-0.2, 0) is 9.53 Å². The zero-order valence-electron chi connectivity index (χ0n) is 13.8. The smallest absolute Gasteiger partial charge is 0.337 e. The van der Waals surface area contributed by atoms with Gasteiger partial charge in [-0.25, -0.2) is 9.78 Å². The monoisotopic (exact) mass is 385 g/mol. The number of nitrogens with zero attached hydrogens (tertiary/aromatic N) is 1. The maximum Gasteiger partial charge on any atom is 0.337 e. The molecular weight excluding hydrogens is 370 g/mol. The van der Waals surface area contributed by atoms with Crippen LogP contribution in [0.15, 0.2) is 48.5 Å². The van der Waals surface area contributed by atoms with Crippen molar-refractivity contribution in [1.29, 1.82) is 0 Å². The number of carboxylic acid groups (broad SMARTS) is 1. The molecule has 1 N–H and O–H groups in total. The quantitative estimate of drug-likeness (QED) is 0.634. The topological polar surface area (TPSA) is 76.5 Å². The third-order valence-electron chi connectivity index (χ3n) is 3.49. The molecule has 0 unspecified atom stereocenters. The number of benzene rings is 2. The number of ether oxygens (including phenoxy) is 1. The molecule has 7 heteroatoms. The second-order valence-corrected chi connectivity index (χ2v) is 7.34. The van der Waals surface area contributed by atoms with Crippen molar-refractivity contribution >= 4 is 56.2 Å². The van der Waals surface area contributed by atoms with Gasteiger partial charge in [-0.15, -0.1) is 23.1 Å². The van der Waals surface area contributed by atoms with E-state index in [1.165, 1.54) is 30.2 Å². The molecule has 26 heavy (non-hydrogen) atoms. The van der Waals surface area contributed by atoms with Crippen LogP contribution in [0.4, 0.5) is 0 Å². The van der Waals surface area contributed by atoms with Gasteiger partial charge in [0, 0.05) is 4.91 Å². The van der Waals surface area contributed by atoms with Crippen molar-refractivity contribution in [3.63, 3.8) is 0 Å². The fourth-order valence-electron chi connectivity index (χ4n) is 2.27. The predicted octanol–water partition coefficient (Wildman–Crippen LogP) is 4.40. The molecule has 3 rings (SSSR count). The number of thioether (sulfide) groups is 1. The van der Waals surface area contributed by atoms with E-state index in [4.69, 9.17) is 9.84 Å². The lowest BCUT2D eigenvalue weighted by molar-refractivity contribution is -0.133. The number of methoxy groups -OCH3 is 1. The standard InChI is InChI=1S/C19H15NO4S2/c1-24-19(23)13-8-6-12(7-9-13)10-16(25-11-17(21)22)18-20-14-4-2-3-5-15(14)26-18/h2-10H,11H2,1H3,(H,21,22)/b16-10-. The molecule has 0 atom stereocenters. The lowest BCUT2D eigenvalue weighted by Crippen LogP contribution is -2.00. The summed E-state index contributed by atoms with van der Waals surface area (Å²) in [5.74, 6) is -1.34. The second-order valence-electron chi connectivity index (χ2n) is 5.29. The highest BCUT2D eigenvalue weighted by Crippen LogP contribution is 2.35. The van der Waals surface area contributed by atoms with E-state index in [1.54, 1.807) is 24.3 Å². The molecule has 0 bridgehead atoms. The number of carbonyl (C=O) groups is 2. The zero-order chi connectivity index (χ0) is 18.5. The highest BCUT2D eigenvalue weighted by molar-refractivity contribution is 8.09. The number of aliphatic carboxylic acids is 1. The third-order valence-corrected chi connectivity index (χ3v) is 5.70. The Labute approximate surface area is 158 Å². The first-order valence-corrected chi connectivity index (χ1v) is 9.47. The van der Waals surface area contributed by atoms with Crippen molar-refractivity contribution < 1.29 is 19.4 Å². The fraction of sp³-hybridized carbons (Fsp3) is 0.105. The number of aromatic nitrogens is 1. The van der Waals surface area contributed by atoms with Gasteiger partial charge in [-0.1, -0.05) is 24.3 Å². The number of rotatable bonds is 6. The summed E-state index contributed by atoms with van der Waals surface area (Å²) in [6.45, 7) is 0. The Morgan fingerprint density at radius 3 is 2.58 bits per heavy atom. The average molecular weight is 385 g/mol. The summed E-state index contributed by atoms with van der Waals surface area (Å²) < 4.78 is 5.74. The minimum atomic E-state index is -0.886. The van der Waals surface area contributed by atoms with E-state index in [9.17, 15) is 9.59 Å². The van der Waals surface area contributed by atoms with E-state index >= 15 is 0 Å². The minimum absolute atomic E-state index is 0.0536. The molecule has 0 amide bonds. The Bertz CT molecular complexity index is 944. The Morgan fingerprint density at radius 2 is 1.92 bits per heavy atom. The largest absolute Gasteiger partial charge is 0.481 e. The van der Waals surface area contributed by atoms with Gasteiger partial charge in [0.1, 0.15) is 5.01 Å². The summed E-state index contributed by atoms with van der Waals surface area (Å²) in [7, 11) is 1.34. The summed E-state index contributed by atoms with van der Waals surface area (Å²) in [5, 5.41) is 9.80. The molecule has 1 aromatic heterocycles. The number of carboxylic acids is 1. The second kappa shape index (κ2) is 8.16. The normalized spacial score (nSPS) is 11.5. The number of carbonyl (C=O) groups excluding carboxylic acids is 1. The highest BCUT2D eigenvalue weighted by Gasteiger charge is 2.12. The number of hydrogen-bond donors (Lipinski definition) is 1. The van der Waals surface area contributed by atoms with Crippen molar-refractivity contribution in [2.45, 2.75) is 0 Å². The number of hydrogen-bond acceptors (Lipinski definition) is 6. The molecular formula is C19H15NO4S2. The van der Waals surface area contributed by atoms with Gasteiger partial charge in [-0.3, -0.25) is 4.79 Å². The summed E-state index contributed by atoms with van der Waals surface area (Å²) in [6.07, 6.45) is 1.88. The van der Waals surface area contributed by atoms with Gasteiger partial charge < -0.3 is 9.84 Å². The molecule has 5 nitrogen and oxygen atoms in total. The van der Waals surface area contributed by atoms with Gasteiger partial charge >= 0.3 is 11.9 Å². The van der Waals surface area contributed by atoms with Gasteiger partial charge in [0.15, 0.2) is 0 Å². The van der Waals surface area contributed by atoms with Crippen LogP contribution >= 0.6 is 23.1 Å². The van der Waals surface area contributed by atoms with Crippen molar-refractivity contribution in [1.82, 2.24) is 4.98 Å². The van der Waals surface area contributed by atoms with Crippen LogP contribution in [0, 0.1) is 0 Å². The van der Waals surface area contributed by atoms with Gasteiger partial charge in [0.2, 0.25) is 0 Å². The third kappa shape index (κ3) is 4.30. The molecule has 0 radical (unpaired) electrons. The lowest BCUT2D eigenvalue weighted by atomic mass is 10.1. The zero-order valence-corrected chi connectivity index (χ0v) is 15.5. The Morgan fingerprint density at radius 1 is 1.19 bits per heavy atom. The van der Waals surface area contributed by atoms with Crippen molar-refractivity contribution in [3.8, 4) is 0 Å². The summed E-state index contributed by atoms with van der Waals surface area (Å²) >= 11 is 2.75. The fourth-order valence-corrected chi connectivity index (χ4v) is 4.11. The van der Waals surface area contributed by atoms with Gasteiger partial charge in [0.25, 0.3) is 0 Å². The van der Waals surface area contributed by atoms with E-state index in [1.807, 2.05) is 30.3 Å². The SMILES string of the molecule is COC(=O)c1ccc(/C=C(\SCC(=O)O)c2nc3ccccc3s2)cc1. The van der Waals surface area contributed by atoms with E-state index < -0.39 is 11.9 Å². The Hall–Kier alpha value is -2.64. The Kier molecular flexibility index (Phi) is 5.70. The highest BCUT2D eigenvalue weighted by atomic mass is 32.2. The molecule has 3 aromatic rings. The molecule has 2 aromatic carbocycles. The van der Waals surface area contributed by atoms with Crippen LogP contribution in [0.2, 0.25) is 0 Å². The van der Waals surface area contributed by atoms with Crippen LogP contribution in [0.25, 0.3) is 21.2 Å². The van der Waals surface area contributed by atoms with Gasteiger partial charge in [0.05, 0.1) is 28.6 Å². The molecule has 0 spiro atoms. The van der Waals surface area contributed by atoms with Crippen LogP contribution in [-0.4, -0.2) is 34.9 Å². The molecule has 0 saturated heterocycles. The number of fused-ring (bicyclic) bond motifs is 1. The van der Waals surface area contributed by atoms with Crippen LogP contribution in [0.5, 0.6) is 0 Å². The molecule has 1 heterocycles. The Balaban J connectivity index is 1.95. The van der Waals surface area contributed by atoms with Crippen LogP contribution < -0.4 is 0 Å². The molecule has 0 aliphatic rings. The number of thiazole rings is 1. The molecule has 0 aliphatic heterocycles. The van der Waals surface area contributed by atoms with E-state index in [2.05, 4.69) is 4.98 Å². The number of esters is 1. The van der Waals surface area contributed by atoms with Crippen molar-refractivity contribution in [2.75, 3.05) is 12.9 Å². The van der Waals surface area contributed by atoms with E-state index in [0.29, 0.717) is 5.56 Å². The molecule has 132 valence electrons. The van der Waals surface area contributed by atoms with Crippen molar-refractivity contribution in [2.24, 2.45) is 0 Å². The maximum absolute atomic E-state index is 11.5. The van der Waals surface area contributed by atoms with E-state index in [-0.39, 0.29) is 5.75 Å². The summed E-state index contributed by atoms with van der Waals surface area (Å²) in [6, 6.07) is 14.7. The first-order valence-electron chi connectivity index (χ1n) is 7.67. The minimum Gasteiger partial charge on any atom is -0.481 e. The summed E-state index contributed by atoms with van der Waals surface area (Å²) in [4.78, 5) is 27.9. The average Bonchev–Trinajstić information content (AvgIpc) is 3.08. The van der Waals surface area contributed by atoms with Gasteiger partial charge in [-0.2, -0.15) is 0 Å². The first kappa shape index (κ1) is 18.2. The van der Waals surface area contributed by atoms with E-state index in [0.717, 1.165) is 25.7 Å². The lowest BCUT2D eigenvalue weighted by Gasteiger charge is -2.04. The number of para-hydroxylation sites is 1. The van der Waals surface area contributed by atoms with Crippen LogP contribution in [0.3, 0.4) is 0 Å². The molecule has 0 aliphatic carbocycles. The molecule has 0 fully saturated rings. The summed E-state index contributed by atoms with van der Waals surface area (Å²) in [5.41, 5.74) is 2.20.